The van der Waals surface area contributed by atoms with Crippen LogP contribution in [0, 0.1) is 0 Å². The van der Waals surface area contributed by atoms with Gasteiger partial charge in [0.1, 0.15) is 6.61 Å². The number of rotatable bonds is 1. The summed E-state index contributed by atoms with van der Waals surface area (Å²) < 4.78 is 4.52. The molecule has 0 fully saturated rings. The Morgan fingerprint density at radius 2 is 2.19 bits per heavy atom. The first kappa shape index (κ1) is 15.5. The predicted octanol–water partition coefficient (Wildman–Crippen LogP) is 5.28. The van der Waals surface area contributed by atoms with Gasteiger partial charge in [0.2, 0.25) is 3.79 Å². The van der Waals surface area contributed by atoms with E-state index >= 15 is 0 Å². The summed E-state index contributed by atoms with van der Waals surface area (Å²) in [7, 11) is 0. The second-order valence-corrected chi connectivity index (χ2v) is 8.38. The van der Waals surface area contributed by atoms with Gasteiger partial charge in [-0.25, -0.2) is 4.79 Å². The highest BCUT2D eigenvalue weighted by Crippen LogP contribution is 2.46. The van der Waals surface area contributed by atoms with Crippen LogP contribution >= 0.6 is 50.7 Å². The highest BCUT2D eigenvalue weighted by atomic mass is 79.9. The van der Waals surface area contributed by atoms with Gasteiger partial charge in [-0.15, -0.1) is 0 Å². The van der Waals surface area contributed by atoms with Crippen LogP contribution in [0.15, 0.2) is 22.7 Å². The molecule has 112 valence electrons. The van der Waals surface area contributed by atoms with Gasteiger partial charge >= 0.3 is 6.09 Å². The lowest BCUT2D eigenvalue weighted by Gasteiger charge is -2.19. The molecule has 1 aromatic carbocycles. The van der Waals surface area contributed by atoms with Gasteiger partial charge in [-0.2, -0.15) is 0 Å². The molecule has 2 aliphatic rings. The van der Waals surface area contributed by atoms with Crippen LogP contribution in [-0.4, -0.2) is 23.0 Å². The van der Waals surface area contributed by atoms with E-state index in [0.29, 0.717) is 6.54 Å². The van der Waals surface area contributed by atoms with Crippen LogP contribution in [0.2, 0.25) is 0 Å². The molecule has 1 aliphatic heterocycles. The van der Waals surface area contributed by atoms with Gasteiger partial charge in [0, 0.05) is 16.9 Å². The van der Waals surface area contributed by atoms with Crippen molar-refractivity contribution in [1.29, 1.82) is 0 Å². The number of alkyl halides is 3. The number of halogens is 4. The van der Waals surface area contributed by atoms with Crippen molar-refractivity contribution in [3.8, 4) is 0 Å². The average Bonchev–Trinajstić information content (AvgIpc) is 2.80. The summed E-state index contributed by atoms with van der Waals surface area (Å²) in [5, 5.41) is 0. The van der Waals surface area contributed by atoms with E-state index in [1.807, 2.05) is 12.1 Å². The molecule has 1 heterocycles. The maximum atomic E-state index is 12.2. The van der Waals surface area contributed by atoms with Crippen molar-refractivity contribution in [1.82, 2.24) is 0 Å². The molecular weight excluding hydrogens is 400 g/mol. The third-order valence-electron chi connectivity index (χ3n) is 3.60. The summed E-state index contributed by atoms with van der Waals surface area (Å²) in [4.78, 5) is 13.8. The van der Waals surface area contributed by atoms with Crippen LogP contribution in [0.25, 0.3) is 6.08 Å². The monoisotopic (exact) mass is 409 g/mol. The van der Waals surface area contributed by atoms with Gasteiger partial charge in [0.05, 0.1) is 5.69 Å². The fraction of sp³-hybridized carbons (Fsp3) is 0.357. The number of ether oxygens (including phenoxy) is 1. The third kappa shape index (κ3) is 3.04. The molecule has 0 spiro atoms. The first-order valence-corrected chi connectivity index (χ1v) is 8.29. The van der Waals surface area contributed by atoms with Crippen LogP contribution in [0.5, 0.6) is 0 Å². The number of nitrogens with zero attached hydrogens (tertiary/aromatic N) is 1. The van der Waals surface area contributed by atoms with E-state index in [2.05, 4.69) is 28.1 Å². The van der Waals surface area contributed by atoms with Crippen LogP contribution in [0.3, 0.4) is 0 Å². The molecule has 0 aromatic heterocycles. The number of allylic oxidation sites excluding steroid dienone is 1. The molecule has 1 amide bonds. The minimum absolute atomic E-state index is 0.269. The fourth-order valence-electron chi connectivity index (χ4n) is 2.78. The molecule has 1 aromatic rings. The fourth-order valence-corrected chi connectivity index (χ4v) is 3.42. The van der Waals surface area contributed by atoms with E-state index < -0.39 is 9.89 Å². The quantitative estimate of drug-likeness (QED) is 0.589. The van der Waals surface area contributed by atoms with Gasteiger partial charge in [-0.1, -0.05) is 62.9 Å². The summed E-state index contributed by atoms with van der Waals surface area (Å²) >= 11 is 20.4. The molecular formula is C14H11BrCl3NO2. The summed E-state index contributed by atoms with van der Waals surface area (Å²) in [5.41, 5.74) is 3.18. The summed E-state index contributed by atoms with van der Waals surface area (Å²) in [6.45, 7) is 0.316. The molecule has 0 bridgehead atoms. The Hall–Kier alpha value is -0.420. The molecule has 3 rings (SSSR count). The number of hydrogen-bond donors (Lipinski definition) is 0. The zero-order valence-corrected chi connectivity index (χ0v) is 14.6. The predicted molar refractivity (Wildman–Crippen MR) is 89.5 cm³/mol. The Morgan fingerprint density at radius 3 is 2.90 bits per heavy atom. The van der Waals surface area contributed by atoms with Crippen molar-refractivity contribution in [2.75, 3.05) is 18.1 Å². The van der Waals surface area contributed by atoms with Crippen LogP contribution in [0.4, 0.5) is 10.5 Å². The minimum atomic E-state index is -1.60. The standard InChI is InChI=1S/C14H11BrCl3NO2/c15-10-4-5-11-12-8(2-1-3-9(10)12)6-19(11)13(20)21-7-14(16,17)18/h1,3-5,8H,2,6-7H2. The SMILES string of the molecule is O=C(OCC(Cl)(Cl)Cl)N1CC2CC=Cc3c(Br)ccc1c32. The largest absolute Gasteiger partial charge is 0.445 e. The van der Waals surface area contributed by atoms with Crippen LogP contribution in [-0.2, 0) is 4.74 Å². The van der Waals surface area contributed by atoms with Gasteiger partial charge in [-0.3, -0.25) is 4.90 Å². The average molecular weight is 412 g/mol. The Balaban J connectivity index is 1.87. The minimum Gasteiger partial charge on any atom is -0.445 e. The van der Waals surface area contributed by atoms with Crippen LogP contribution < -0.4 is 4.90 Å². The molecule has 1 aliphatic carbocycles. The normalized spacial score (nSPS) is 19.6. The second-order valence-electron chi connectivity index (χ2n) is 5.01. The number of carbonyl (C=O) groups is 1. The molecule has 1 atom stereocenters. The molecule has 0 saturated heterocycles. The van der Waals surface area contributed by atoms with E-state index in [9.17, 15) is 4.79 Å². The Bertz CT molecular complexity index is 627. The van der Waals surface area contributed by atoms with Gasteiger partial charge in [0.15, 0.2) is 0 Å². The van der Waals surface area contributed by atoms with Gasteiger partial charge < -0.3 is 4.74 Å². The Kier molecular flexibility index (Phi) is 4.17. The van der Waals surface area contributed by atoms with E-state index in [0.717, 1.165) is 22.1 Å². The zero-order valence-electron chi connectivity index (χ0n) is 10.8. The smallest absolute Gasteiger partial charge is 0.414 e. The first-order valence-electron chi connectivity index (χ1n) is 6.37. The van der Waals surface area contributed by atoms with Crippen molar-refractivity contribution in [3.05, 3.63) is 33.8 Å². The number of amides is 1. The Morgan fingerprint density at radius 1 is 1.43 bits per heavy atom. The van der Waals surface area contributed by atoms with Crippen LogP contribution in [0.1, 0.15) is 23.5 Å². The molecule has 7 heteroatoms. The second kappa shape index (κ2) is 5.65. The lowest BCUT2D eigenvalue weighted by Crippen LogP contribution is -2.32. The molecule has 0 radical (unpaired) electrons. The number of benzene rings is 1. The summed E-state index contributed by atoms with van der Waals surface area (Å²) in [5.74, 6) is 0.290. The van der Waals surface area contributed by atoms with Crippen molar-refractivity contribution < 1.29 is 9.53 Å². The highest BCUT2D eigenvalue weighted by Gasteiger charge is 2.36. The van der Waals surface area contributed by atoms with E-state index in [4.69, 9.17) is 39.5 Å². The lowest BCUT2D eigenvalue weighted by atomic mass is 9.89. The highest BCUT2D eigenvalue weighted by molar-refractivity contribution is 9.10. The van der Waals surface area contributed by atoms with Crippen molar-refractivity contribution in [3.63, 3.8) is 0 Å². The molecule has 3 nitrogen and oxygen atoms in total. The molecule has 21 heavy (non-hydrogen) atoms. The van der Waals surface area contributed by atoms with E-state index in [1.165, 1.54) is 5.56 Å². The third-order valence-corrected chi connectivity index (χ3v) is 4.62. The van der Waals surface area contributed by atoms with E-state index in [-0.39, 0.29) is 12.5 Å². The summed E-state index contributed by atoms with van der Waals surface area (Å²) in [6, 6.07) is 3.85. The topological polar surface area (TPSA) is 29.5 Å². The maximum Gasteiger partial charge on any atom is 0.414 e. The molecule has 0 saturated carbocycles. The van der Waals surface area contributed by atoms with Crippen molar-refractivity contribution in [2.45, 2.75) is 16.1 Å². The van der Waals surface area contributed by atoms with Crippen molar-refractivity contribution >= 4 is 68.6 Å². The van der Waals surface area contributed by atoms with Gasteiger partial charge in [0.25, 0.3) is 0 Å². The number of hydrogen-bond acceptors (Lipinski definition) is 2. The van der Waals surface area contributed by atoms with Crippen molar-refractivity contribution in [2.24, 2.45) is 0 Å². The first-order chi connectivity index (χ1) is 9.87. The number of carbonyl (C=O) groups excluding carboxylic acids is 1. The molecule has 0 N–H and O–H groups in total. The maximum absolute atomic E-state index is 12.2. The zero-order chi connectivity index (χ0) is 15.2. The molecule has 1 unspecified atom stereocenters. The Labute approximate surface area is 145 Å². The van der Waals surface area contributed by atoms with Gasteiger partial charge in [-0.05, 0) is 29.7 Å². The summed E-state index contributed by atoms with van der Waals surface area (Å²) in [6.07, 6.45) is 4.62. The lowest BCUT2D eigenvalue weighted by molar-refractivity contribution is 0.156. The number of anilines is 1. The van der Waals surface area contributed by atoms with E-state index in [1.54, 1.807) is 4.90 Å².